The summed E-state index contributed by atoms with van der Waals surface area (Å²) in [5.74, 6) is 0.149. The predicted molar refractivity (Wildman–Crippen MR) is 152 cm³/mol. The average molecular weight is 546 g/mol. The molecule has 3 heterocycles. The number of aryl methyl sites for hydroxylation is 2. The number of carbonyl (C=O) groups excluding carboxylic acids is 1. The third kappa shape index (κ3) is 4.67. The van der Waals surface area contributed by atoms with Crippen LogP contribution < -0.4 is 4.74 Å². The van der Waals surface area contributed by atoms with Crippen LogP contribution in [-0.2, 0) is 21.3 Å². The van der Waals surface area contributed by atoms with E-state index in [4.69, 9.17) is 9.47 Å². The van der Waals surface area contributed by atoms with E-state index in [1.165, 1.54) is 10.2 Å². The Balaban J connectivity index is 1.86. The predicted octanol–water partition coefficient (Wildman–Crippen LogP) is 6.19. The number of fused-ring (bicyclic) bond motifs is 2. The van der Waals surface area contributed by atoms with Crippen LogP contribution in [0.25, 0.3) is 33.3 Å². The van der Waals surface area contributed by atoms with Gasteiger partial charge in [0.25, 0.3) is 10.0 Å². The minimum atomic E-state index is -4.11. The number of benzene rings is 2. The first-order valence-electron chi connectivity index (χ1n) is 12.7. The number of pyridine rings is 1. The quantitative estimate of drug-likeness (QED) is 0.236. The molecule has 0 aliphatic carbocycles. The fourth-order valence-corrected chi connectivity index (χ4v) is 6.22. The van der Waals surface area contributed by atoms with Gasteiger partial charge in [0.2, 0.25) is 0 Å². The van der Waals surface area contributed by atoms with Crippen molar-refractivity contribution in [2.24, 2.45) is 0 Å². The molecule has 202 valence electrons. The van der Waals surface area contributed by atoms with Crippen molar-refractivity contribution in [3.63, 3.8) is 0 Å². The van der Waals surface area contributed by atoms with Crippen LogP contribution in [0.3, 0.4) is 0 Å². The molecule has 0 bridgehead atoms. The molecule has 0 radical (unpaired) electrons. The van der Waals surface area contributed by atoms with Crippen LogP contribution in [0.1, 0.15) is 43.6 Å². The lowest BCUT2D eigenvalue weighted by molar-refractivity contribution is 0.00717. The van der Waals surface area contributed by atoms with Gasteiger partial charge in [0.05, 0.1) is 29.0 Å². The number of hydrogen-bond acceptors (Lipinski definition) is 6. The van der Waals surface area contributed by atoms with Crippen LogP contribution in [0.2, 0.25) is 0 Å². The highest BCUT2D eigenvalue weighted by Crippen LogP contribution is 2.37. The number of carbonyl (C=O) groups is 1. The van der Waals surface area contributed by atoms with Gasteiger partial charge in [-0.3, -0.25) is 0 Å². The third-order valence-corrected chi connectivity index (χ3v) is 8.24. The summed E-state index contributed by atoms with van der Waals surface area (Å²) in [6.07, 6.45) is 1.44. The van der Waals surface area contributed by atoms with E-state index in [1.807, 2.05) is 42.7 Å². The summed E-state index contributed by atoms with van der Waals surface area (Å²) in [6.45, 7) is 9.85. The summed E-state index contributed by atoms with van der Waals surface area (Å²) in [6, 6.07) is 17.6. The second kappa shape index (κ2) is 9.57. The zero-order valence-electron chi connectivity index (χ0n) is 22.8. The lowest BCUT2D eigenvalue weighted by Crippen LogP contribution is -2.24. The van der Waals surface area contributed by atoms with Gasteiger partial charge in [-0.15, -0.1) is 0 Å². The Labute approximate surface area is 227 Å². The molecule has 9 heteroatoms. The maximum Gasteiger partial charge on any atom is 0.339 e. The minimum Gasteiger partial charge on any atom is -0.497 e. The van der Waals surface area contributed by atoms with Gasteiger partial charge in [-0.25, -0.2) is 22.2 Å². The zero-order chi connectivity index (χ0) is 28.1. The van der Waals surface area contributed by atoms with Gasteiger partial charge in [-0.1, -0.05) is 17.7 Å². The molecule has 0 saturated carbocycles. The highest BCUT2D eigenvalue weighted by Gasteiger charge is 2.29. The molecule has 0 amide bonds. The van der Waals surface area contributed by atoms with E-state index in [9.17, 15) is 13.2 Å². The Morgan fingerprint density at radius 3 is 2.33 bits per heavy atom. The smallest absolute Gasteiger partial charge is 0.339 e. The van der Waals surface area contributed by atoms with E-state index < -0.39 is 21.6 Å². The molecule has 39 heavy (non-hydrogen) atoms. The Bertz CT molecular complexity index is 1820. The van der Waals surface area contributed by atoms with E-state index >= 15 is 0 Å². The first-order chi connectivity index (χ1) is 18.4. The number of esters is 1. The number of ether oxygens (including phenoxy) is 2. The summed E-state index contributed by atoms with van der Waals surface area (Å²) in [4.78, 5) is 17.8. The number of methoxy groups -OCH3 is 1. The van der Waals surface area contributed by atoms with Crippen molar-refractivity contribution in [3.05, 3.63) is 78.0 Å². The lowest BCUT2D eigenvalue weighted by Gasteiger charge is -2.19. The maximum atomic E-state index is 14.2. The van der Waals surface area contributed by atoms with Crippen LogP contribution in [0.5, 0.6) is 5.75 Å². The van der Waals surface area contributed by atoms with Crippen LogP contribution in [-0.4, -0.2) is 40.6 Å². The summed E-state index contributed by atoms with van der Waals surface area (Å²) in [5, 5.41) is 1.29. The van der Waals surface area contributed by atoms with Gasteiger partial charge in [-0.05, 0) is 83.1 Å². The van der Waals surface area contributed by atoms with Crippen LogP contribution in [0.4, 0.5) is 0 Å². The van der Waals surface area contributed by atoms with Crippen LogP contribution in [0.15, 0.2) is 71.8 Å². The molecule has 0 fully saturated rings. The zero-order valence-corrected chi connectivity index (χ0v) is 23.7. The SMILES string of the molecule is CCn1c(-c2cc3c(C(=O)OC(C)(C)C)ccnc3n2S(=O)(=O)c2ccc(C)cc2)cc2cc(OC)ccc21. The fourth-order valence-electron chi connectivity index (χ4n) is 4.75. The summed E-state index contributed by atoms with van der Waals surface area (Å²) >= 11 is 0. The molecule has 0 unspecified atom stereocenters. The van der Waals surface area contributed by atoms with Crippen LogP contribution >= 0.6 is 0 Å². The largest absolute Gasteiger partial charge is 0.497 e. The van der Waals surface area contributed by atoms with Crippen molar-refractivity contribution in [3.8, 4) is 17.1 Å². The molecule has 0 aliphatic rings. The first-order valence-corrected chi connectivity index (χ1v) is 14.1. The Morgan fingerprint density at radius 2 is 1.69 bits per heavy atom. The van der Waals surface area contributed by atoms with E-state index in [-0.39, 0.29) is 16.1 Å². The third-order valence-electron chi connectivity index (χ3n) is 6.53. The van der Waals surface area contributed by atoms with E-state index in [0.29, 0.717) is 29.1 Å². The van der Waals surface area contributed by atoms with Crippen molar-refractivity contribution in [1.82, 2.24) is 13.5 Å². The Kier molecular flexibility index (Phi) is 6.50. The molecule has 3 aromatic heterocycles. The summed E-state index contributed by atoms with van der Waals surface area (Å²) in [5.41, 5.74) is 2.61. The topological polar surface area (TPSA) is 92.4 Å². The van der Waals surface area contributed by atoms with Crippen LogP contribution in [0, 0.1) is 6.92 Å². The molecule has 0 aliphatic heterocycles. The van der Waals surface area contributed by atoms with Gasteiger partial charge in [-0.2, -0.15) is 0 Å². The highest BCUT2D eigenvalue weighted by molar-refractivity contribution is 7.90. The summed E-state index contributed by atoms with van der Waals surface area (Å²) in [7, 11) is -2.50. The average Bonchev–Trinajstić information content (AvgIpc) is 3.45. The molecule has 0 atom stereocenters. The molecule has 8 nitrogen and oxygen atoms in total. The number of rotatable bonds is 6. The highest BCUT2D eigenvalue weighted by atomic mass is 32.2. The van der Waals surface area contributed by atoms with Crippen molar-refractivity contribution in [2.75, 3.05) is 7.11 Å². The Hall–Kier alpha value is -4.11. The van der Waals surface area contributed by atoms with E-state index in [1.54, 1.807) is 64.3 Å². The molecule has 5 rings (SSSR count). The molecule has 0 saturated heterocycles. The van der Waals surface area contributed by atoms with Gasteiger partial charge < -0.3 is 14.0 Å². The lowest BCUT2D eigenvalue weighted by atomic mass is 10.1. The second-order valence-electron chi connectivity index (χ2n) is 10.4. The monoisotopic (exact) mass is 545 g/mol. The van der Waals surface area contributed by atoms with Gasteiger partial charge >= 0.3 is 5.97 Å². The molecular weight excluding hydrogens is 514 g/mol. The first kappa shape index (κ1) is 26.5. The Morgan fingerprint density at radius 1 is 0.974 bits per heavy atom. The number of hydrogen-bond donors (Lipinski definition) is 0. The standard InChI is InChI=1S/C30H31N3O5S/c1-7-32-25-13-10-21(37-6)16-20(25)17-26(32)27-18-24-23(29(34)38-30(3,4)5)14-15-31-28(24)33(27)39(35,36)22-11-8-19(2)9-12-22/h8-18H,7H2,1-6H3. The van der Waals surface area contributed by atoms with Crippen molar-refractivity contribution >= 4 is 37.9 Å². The van der Waals surface area contributed by atoms with Gasteiger partial charge in [0.1, 0.15) is 11.4 Å². The molecule has 2 aromatic carbocycles. The van der Waals surface area contributed by atoms with Crippen molar-refractivity contribution < 1.29 is 22.7 Å². The summed E-state index contributed by atoms with van der Waals surface area (Å²) < 4.78 is 42.8. The van der Waals surface area contributed by atoms with E-state index in [0.717, 1.165) is 16.5 Å². The molecule has 5 aromatic rings. The van der Waals surface area contributed by atoms with Gasteiger partial charge in [0.15, 0.2) is 5.65 Å². The van der Waals surface area contributed by atoms with Gasteiger partial charge in [0, 0.05) is 29.0 Å². The molecular formula is C30H31N3O5S. The fraction of sp³-hybridized carbons (Fsp3) is 0.267. The van der Waals surface area contributed by atoms with Crippen molar-refractivity contribution in [1.29, 1.82) is 0 Å². The molecule has 0 spiro atoms. The number of aromatic nitrogens is 3. The van der Waals surface area contributed by atoms with E-state index in [2.05, 4.69) is 4.98 Å². The van der Waals surface area contributed by atoms with Crippen molar-refractivity contribution in [2.45, 2.75) is 51.7 Å². The molecule has 0 N–H and O–H groups in total. The minimum absolute atomic E-state index is 0.122. The second-order valence-corrected chi connectivity index (χ2v) is 12.2. The number of nitrogens with zero attached hydrogens (tertiary/aromatic N) is 3. The maximum absolute atomic E-state index is 14.2. The normalized spacial score (nSPS) is 12.3.